The van der Waals surface area contributed by atoms with Gasteiger partial charge < -0.3 is 20.2 Å². The van der Waals surface area contributed by atoms with Gasteiger partial charge in [0.05, 0.1) is 16.8 Å². The fourth-order valence-electron chi connectivity index (χ4n) is 4.64. The summed E-state index contributed by atoms with van der Waals surface area (Å²) in [6.07, 6.45) is 7.34. The predicted molar refractivity (Wildman–Crippen MR) is 125 cm³/mol. The largest absolute Gasteiger partial charge is 0.444 e. The summed E-state index contributed by atoms with van der Waals surface area (Å²) in [5.41, 5.74) is 1.87. The Kier molecular flexibility index (Phi) is 6.82. The van der Waals surface area contributed by atoms with E-state index in [4.69, 9.17) is 9.68 Å². The average Bonchev–Trinajstić information content (AvgIpc) is 3.41. The number of anilines is 1. The van der Waals surface area contributed by atoms with Crippen molar-refractivity contribution in [3.63, 3.8) is 0 Å². The maximum absolute atomic E-state index is 12.7. The van der Waals surface area contributed by atoms with Crippen molar-refractivity contribution in [3.8, 4) is 6.07 Å². The number of furan rings is 1. The quantitative estimate of drug-likeness (QED) is 0.540. The van der Waals surface area contributed by atoms with Crippen molar-refractivity contribution in [1.82, 2.24) is 10.3 Å². The summed E-state index contributed by atoms with van der Waals surface area (Å²) in [7, 11) is 1.99. The molecule has 2 saturated carbocycles. The number of carbonyl (C=O) groups excluding carboxylic acids is 1. The number of carbonyl (C=O) groups is 1. The fourth-order valence-corrected chi connectivity index (χ4v) is 5.16. The Labute approximate surface area is 195 Å². The van der Waals surface area contributed by atoms with E-state index in [2.05, 4.69) is 36.1 Å². The van der Waals surface area contributed by atoms with Crippen LogP contribution in [0.5, 0.6) is 0 Å². The van der Waals surface area contributed by atoms with Crippen LogP contribution >= 0.6 is 15.9 Å². The molecule has 3 atom stereocenters. The monoisotopic (exact) mass is 502 g/mol. The van der Waals surface area contributed by atoms with Crippen molar-refractivity contribution in [2.75, 3.05) is 12.4 Å². The Bertz CT molecular complexity index is 1080. The van der Waals surface area contributed by atoms with E-state index in [0.717, 1.165) is 54.2 Å². The zero-order valence-electron chi connectivity index (χ0n) is 18.4. The molecule has 4 rings (SSSR count). The maximum atomic E-state index is 12.7. The van der Waals surface area contributed by atoms with Gasteiger partial charge in [-0.15, -0.1) is 0 Å². The molecule has 2 heterocycles. The number of aliphatic hydroxyl groups excluding tert-OH is 1. The first kappa shape index (κ1) is 22.7. The molecule has 0 aliphatic heterocycles. The molecule has 0 aromatic carbocycles. The van der Waals surface area contributed by atoms with Gasteiger partial charge in [-0.3, -0.25) is 4.79 Å². The topological polar surface area (TPSA) is 114 Å². The number of nitrogens with zero attached hydrogens (tertiary/aromatic N) is 3. The summed E-state index contributed by atoms with van der Waals surface area (Å²) >= 11 is 3.59. The van der Waals surface area contributed by atoms with Crippen LogP contribution in [0.25, 0.3) is 11.0 Å². The standard InChI is InChI=1S/C23H28BrN5O3/c1-13(23(31)28-15-5-8-17(30)9-15)29(2)16-6-3-14(4-7-16)27-22-21(24)19-10-18(11-25)32-20(19)12-26-22/h10,12-15,17,30H,3-9H2,1-2H3,(H-,26,27,28,31)/p+1/t13-,14?,15-,17+/m0/s1. The van der Waals surface area contributed by atoms with Crippen molar-refractivity contribution in [1.29, 1.82) is 5.26 Å². The van der Waals surface area contributed by atoms with Crippen LogP contribution in [0.3, 0.4) is 0 Å². The highest BCUT2D eigenvalue weighted by Gasteiger charge is 2.31. The van der Waals surface area contributed by atoms with Crippen molar-refractivity contribution in [3.05, 3.63) is 22.5 Å². The number of aliphatic hydroxyl groups is 1. The van der Waals surface area contributed by atoms with Gasteiger partial charge in [0.25, 0.3) is 5.91 Å². The Morgan fingerprint density at radius 1 is 1.34 bits per heavy atom. The number of hydrogen-bond acceptors (Lipinski definition) is 6. The lowest BCUT2D eigenvalue weighted by Gasteiger charge is -2.25. The normalized spacial score (nSPS) is 24.2. The molecule has 2 aromatic rings. The molecule has 0 radical (unpaired) electrons. The maximum Gasteiger partial charge on any atom is 0.288 e. The first-order valence-electron chi connectivity index (χ1n) is 11.2. The third-order valence-electron chi connectivity index (χ3n) is 6.74. The average molecular weight is 503 g/mol. The van der Waals surface area contributed by atoms with E-state index in [-0.39, 0.29) is 35.9 Å². The highest BCUT2D eigenvalue weighted by atomic mass is 79.9. The Morgan fingerprint density at radius 2 is 2.09 bits per heavy atom. The number of aromatic nitrogens is 1. The number of pyridine rings is 1. The van der Waals surface area contributed by atoms with Gasteiger partial charge in [-0.25, -0.2) is 9.56 Å². The van der Waals surface area contributed by atoms with Gasteiger partial charge in [0.1, 0.15) is 18.9 Å². The lowest BCUT2D eigenvalue weighted by atomic mass is 9.93. The van der Waals surface area contributed by atoms with Crippen LogP contribution in [0, 0.1) is 11.3 Å². The smallest absolute Gasteiger partial charge is 0.288 e. The number of rotatable bonds is 5. The van der Waals surface area contributed by atoms with Gasteiger partial charge >= 0.3 is 0 Å². The molecule has 32 heavy (non-hydrogen) atoms. The van der Waals surface area contributed by atoms with E-state index in [9.17, 15) is 9.90 Å². The summed E-state index contributed by atoms with van der Waals surface area (Å²) in [4.78, 5) is 17.1. The zero-order valence-corrected chi connectivity index (χ0v) is 20.0. The van der Waals surface area contributed by atoms with Crippen LogP contribution in [0.2, 0.25) is 0 Å². The fraction of sp³-hybridized carbons (Fsp3) is 0.565. The predicted octanol–water partition coefficient (Wildman–Crippen LogP) is 3.32. The van der Waals surface area contributed by atoms with Gasteiger partial charge in [-0.05, 0) is 48.0 Å². The van der Waals surface area contributed by atoms with Crippen LogP contribution in [0.4, 0.5) is 5.82 Å². The molecule has 0 spiro atoms. The highest BCUT2D eigenvalue weighted by molar-refractivity contribution is 9.10. The molecule has 9 heteroatoms. The first-order chi connectivity index (χ1) is 15.4. The minimum absolute atomic E-state index is 0.0256. The number of nitriles is 1. The van der Waals surface area contributed by atoms with E-state index in [0.29, 0.717) is 12.0 Å². The van der Waals surface area contributed by atoms with Gasteiger partial charge in [0.2, 0.25) is 11.8 Å². The van der Waals surface area contributed by atoms with E-state index in [1.54, 1.807) is 12.3 Å². The molecule has 2 aliphatic carbocycles. The van der Waals surface area contributed by atoms with E-state index in [1.807, 2.05) is 20.0 Å². The highest BCUT2D eigenvalue weighted by Crippen LogP contribution is 2.33. The number of nitrogens with one attached hydrogen (secondary N) is 2. The van der Waals surface area contributed by atoms with Gasteiger partial charge in [0, 0.05) is 43.3 Å². The summed E-state index contributed by atoms with van der Waals surface area (Å²) < 4.78 is 8.34. The Morgan fingerprint density at radius 3 is 2.75 bits per heavy atom. The van der Waals surface area contributed by atoms with Gasteiger partial charge in [-0.2, -0.15) is 5.26 Å². The summed E-state index contributed by atoms with van der Waals surface area (Å²) in [5.74, 6) is 1.04. The lowest BCUT2D eigenvalue weighted by Crippen LogP contribution is -2.45. The third kappa shape index (κ3) is 4.81. The summed E-state index contributed by atoms with van der Waals surface area (Å²) in [6.45, 7) is 1.94. The molecule has 0 bridgehead atoms. The molecule has 170 valence electrons. The second-order valence-electron chi connectivity index (χ2n) is 8.87. The van der Waals surface area contributed by atoms with E-state index < -0.39 is 0 Å². The van der Waals surface area contributed by atoms with Crippen LogP contribution in [0.15, 0.2) is 21.2 Å². The molecule has 2 aromatic heterocycles. The number of likely N-dealkylation sites (N-methyl/N-ethyl adjacent to an activating group) is 1. The molecule has 2 fully saturated rings. The first-order valence-corrected chi connectivity index (χ1v) is 12.0. The van der Waals surface area contributed by atoms with Crippen molar-refractivity contribution < 1.29 is 18.9 Å². The van der Waals surface area contributed by atoms with Gasteiger partial charge in [-0.1, -0.05) is 0 Å². The number of amides is 1. The molecule has 2 aliphatic rings. The van der Waals surface area contributed by atoms with Gasteiger partial charge in [0.15, 0.2) is 11.3 Å². The Hall–Kier alpha value is -2.44. The number of halogens is 1. The molecule has 8 nitrogen and oxygen atoms in total. The minimum atomic E-state index is -0.289. The molecule has 1 amide bonds. The molecular formula is C23H29BrN5O3+. The number of hydrogen-bond donors (Lipinski definition) is 3. The van der Waals surface area contributed by atoms with E-state index in [1.165, 1.54) is 5.71 Å². The third-order valence-corrected chi connectivity index (χ3v) is 7.54. The summed E-state index contributed by atoms with van der Waals surface area (Å²) in [5, 5.41) is 26.2. The lowest BCUT2D eigenvalue weighted by molar-refractivity contribution is -0.522. The van der Waals surface area contributed by atoms with Crippen LogP contribution in [-0.4, -0.2) is 57.6 Å². The molecular weight excluding hydrogens is 474 g/mol. The van der Waals surface area contributed by atoms with Crippen molar-refractivity contribution in [2.24, 2.45) is 0 Å². The zero-order chi connectivity index (χ0) is 22.8. The van der Waals surface area contributed by atoms with Crippen molar-refractivity contribution in [2.45, 2.75) is 76.1 Å². The van der Waals surface area contributed by atoms with E-state index >= 15 is 0 Å². The van der Waals surface area contributed by atoms with Crippen LogP contribution in [0.1, 0.15) is 57.6 Å². The van der Waals surface area contributed by atoms with Crippen molar-refractivity contribution >= 4 is 44.3 Å². The second kappa shape index (κ2) is 9.59. The van der Waals surface area contributed by atoms with Crippen LogP contribution in [-0.2, 0) is 4.79 Å². The second-order valence-corrected chi connectivity index (χ2v) is 9.66. The van der Waals surface area contributed by atoms with Crippen LogP contribution < -0.4 is 10.6 Å². The number of fused-ring (bicyclic) bond motifs is 1. The summed E-state index contributed by atoms with van der Waals surface area (Å²) in [6, 6.07) is 3.86. The Balaban J connectivity index is 1.35. The molecule has 0 unspecified atom stereocenters. The molecule has 0 saturated heterocycles. The molecule has 3 N–H and O–H groups in total. The minimum Gasteiger partial charge on any atom is -0.444 e. The SMILES string of the molecule is C[C@@H](C(=O)N[C@H]1CC[C@@H](O)C1)[N+](C)=C1CCC(Nc2ncc3oc(C#N)cc3c2Br)CC1.